The third-order valence-electron chi connectivity index (χ3n) is 6.40. The number of hydrogen-bond donors (Lipinski definition) is 0. The van der Waals surface area contributed by atoms with Crippen LogP contribution in [-0.2, 0) is 0 Å². The second kappa shape index (κ2) is 8.03. The van der Waals surface area contributed by atoms with Crippen molar-refractivity contribution in [3.05, 3.63) is 121 Å². The van der Waals surface area contributed by atoms with Crippen molar-refractivity contribution in [1.82, 2.24) is 9.55 Å². The molecule has 34 heavy (non-hydrogen) atoms. The van der Waals surface area contributed by atoms with Crippen LogP contribution in [0.5, 0.6) is 0 Å². The molecule has 0 bridgehead atoms. The second-order valence-electron chi connectivity index (χ2n) is 8.50. The summed E-state index contributed by atoms with van der Waals surface area (Å²) in [5.74, 6) is 0. The lowest BCUT2D eigenvalue weighted by atomic mass is 9.94. The molecule has 0 amide bonds. The summed E-state index contributed by atoms with van der Waals surface area (Å²) in [7, 11) is 0. The number of para-hydroxylation sites is 1. The first-order valence-corrected chi connectivity index (χ1v) is 11.3. The van der Waals surface area contributed by atoms with Gasteiger partial charge in [0.2, 0.25) is 0 Å². The van der Waals surface area contributed by atoms with Gasteiger partial charge in [0.15, 0.2) is 0 Å². The first-order valence-electron chi connectivity index (χ1n) is 11.3. The maximum atomic E-state index is 10.1. The van der Waals surface area contributed by atoms with E-state index in [9.17, 15) is 5.26 Å². The van der Waals surface area contributed by atoms with E-state index < -0.39 is 0 Å². The van der Waals surface area contributed by atoms with Gasteiger partial charge in [0.05, 0.1) is 28.4 Å². The number of fused-ring (bicyclic) bond motifs is 3. The molecular formula is C31H21N3. The normalized spacial score (nSPS) is 11.1. The third kappa shape index (κ3) is 3.17. The van der Waals surface area contributed by atoms with Crippen LogP contribution in [0.25, 0.3) is 49.7 Å². The molecule has 3 heteroatoms. The fraction of sp³-hybridized carbons (Fsp3) is 0.0323. The summed E-state index contributed by atoms with van der Waals surface area (Å²) in [6.45, 7) is 2.13. The molecule has 0 saturated carbocycles. The molecule has 4 aromatic carbocycles. The Bertz CT molecular complexity index is 1710. The Morgan fingerprint density at radius 2 is 1.38 bits per heavy atom. The van der Waals surface area contributed by atoms with Crippen molar-refractivity contribution in [3.63, 3.8) is 0 Å². The predicted molar refractivity (Wildman–Crippen MR) is 139 cm³/mol. The van der Waals surface area contributed by atoms with E-state index in [2.05, 4.69) is 83.2 Å². The summed E-state index contributed by atoms with van der Waals surface area (Å²) >= 11 is 0. The Morgan fingerprint density at radius 3 is 2.18 bits per heavy atom. The van der Waals surface area contributed by atoms with Crippen LogP contribution in [0.4, 0.5) is 0 Å². The monoisotopic (exact) mass is 435 g/mol. The zero-order chi connectivity index (χ0) is 23.1. The van der Waals surface area contributed by atoms with Gasteiger partial charge in [-0.2, -0.15) is 5.26 Å². The van der Waals surface area contributed by atoms with Gasteiger partial charge in [0.25, 0.3) is 0 Å². The number of rotatable bonds is 3. The summed E-state index contributed by atoms with van der Waals surface area (Å²) in [6.07, 6.45) is 3.54. The van der Waals surface area contributed by atoms with Gasteiger partial charge >= 0.3 is 0 Å². The Hall–Kier alpha value is -4.68. The van der Waals surface area contributed by atoms with Gasteiger partial charge in [-0.1, -0.05) is 60.7 Å². The lowest BCUT2D eigenvalue weighted by Gasteiger charge is -2.17. The molecule has 160 valence electrons. The average molecular weight is 436 g/mol. The van der Waals surface area contributed by atoms with E-state index >= 15 is 0 Å². The molecule has 0 aliphatic heterocycles. The summed E-state index contributed by atoms with van der Waals surface area (Å²) < 4.78 is 2.34. The molecular weight excluding hydrogens is 414 g/mol. The largest absolute Gasteiger partial charge is 0.309 e. The molecule has 0 aliphatic rings. The van der Waals surface area contributed by atoms with E-state index in [1.54, 1.807) is 12.4 Å². The molecule has 3 nitrogen and oxygen atoms in total. The minimum Gasteiger partial charge on any atom is -0.309 e. The summed E-state index contributed by atoms with van der Waals surface area (Å²) in [4.78, 5) is 4.17. The topological polar surface area (TPSA) is 41.6 Å². The zero-order valence-electron chi connectivity index (χ0n) is 18.7. The smallest absolute Gasteiger partial charge is 0.0998 e. The fourth-order valence-electron chi connectivity index (χ4n) is 4.83. The number of aromatic nitrogens is 2. The molecule has 0 unspecified atom stereocenters. The van der Waals surface area contributed by atoms with E-state index in [0.717, 1.165) is 39.0 Å². The average Bonchev–Trinajstić information content (AvgIpc) is 3.22. The number of pyridine rings is 1. The fourth-order valence-corrected chi connectivity index (χ4v) is 4.83. The van der Waals surface area contributed by atoms with Crippen LogP contribution >= 0.6 is 0 Å². The Kier molecular flexibility index (Phi) is 4.71. The van der Waals surface area contributed by atoms with Gasteiger partial charge in [-0.15, -0.1) is 0 Å². The van der Waals surface area contributed by atoms with Crippen molar-refractivity contribution in [2.45, 2.75) is 6.92 Å². The summed E-state index contributed by atoms with van der Waals surface area (Å²) in [5, 5.41) is 12.5. The zero-order valence-corrected chi connectivity index (χ0v) is 18.7. The summed E-state index contributed by atoms with van der Waals surface area (Å²) in [5.41, 5.74) is 9.19. The van der Waals surface area contributed by atoms with E-state index in [-0.39, 0.29) is 0 Å². The highest BCUT2D eigenvalue weighted by molar-refractivity contribution is 6.10. The molecule has 0 N–H and O–H groups in total. The predicted octanol–water partition coefficient (Wildman–Crippen LogP) is 7.69. The Balaban J connectivity index is 1.79. The SMILES string of the molecule is Cc1ccc2c3ccccc3n(-c3cc(-c4ccncc4)c(C#N)cc3-c3ccccc3)c2c1. The first-order chi connectivity index (χ1) is 16.7. The van der Waals surface area contributed by atoms with E-state index in [1.807, 2.05) is 36.4 Å². The van der Waals surface area contributed by atoms with Crippen LogP contribution in [0.3, 0.4) is 0 Å². The van der Waals surface area contributed by atoms with Crippen LogP contribution in [0.15, 0.2) is 109 Å². The lowest BCUT2D eigenvalue weighted by molar-refractivity contribution is 1.18. The molecule has 0 spiro atoms. The van der Waals surface area contributed by atoms with Crippen LogP contribution in [0.2, 0.25) is 0 Å². The quantitative estimate of drug-likeness (QED) is 0.286. The molecule has 0 radical (unpaired) electrons. The number of nitrogens with zero attached hydrogens (tertiary/aromatic N) is 3. The lowest BCUT2D eigenvalue weighted by Crippen LogP contribution is -2.00. The number of nitriles is 1. The number of benzene rings is 4. The van der Waals surface area contributed by atoms with E-state index in [0.29, 0.717) is 5.56 Å². The number of hydrogen-bond acceptors (Lipinski definition) is 2. The van der Waals surface area contributed by atoms with Gasteiger partial charge in [-0.3, -0.25) is 4.98 Å². The van der Waals surface area contributed by atoms with Gasteiger partial charge in [-0.05, 0) is 60.0 Å². The minimum absolute atomic E-state index is 0.644. The molecule has 0 fully saturated rings. The number of aryl methyl sites for hydroxylation is 1. The van der Waals surface area contributed by atoms with Gasteiger partial charge in [0, 0.05) is 34.3 Å². The van der Waals surface area contributed by atoms with Crippen molar-refractivity contribution >= 4 is 21.8 Å². The van der Waals surface area contributed by atoms with Crippen molar-refractivity contribution in [3.8, 4) is 34.0 Å². The van der Waals surface area contributed by atoms with Gasteiger partial charge in [0.1, 0.15) is 0 Å². The first kappa shape index (κ1) is 20.0. The molecule has 2 aromatic heterocycles. The summed E-state index contributed by atoms with van der Waals surface area (Å²) in [6, 6.07) is 36.0. The van der Waals surface area contributed by atoms with Gasteiger partial charge in [-0.25, -0.2) is 0 Å². The molecule has 0 saturated heterocycles. The van der Waals surface area contributed by atoms with Crippen molar-refractivity contribution in [1.29, 1.82) is 5.26 Å². The second-order valence-corrected chi connectivity index (χ2v) is 8.50. The van der Waals surface area contributed by atoms with Crippen molar-refractivity contribution in [2.24, 2.45) is 0 Å². The molecule has 0 aliphatic carbocycles. The standard InChI is InChI=1S/C31H21N3/c1-21-11-12-26-25-9-5-6-10-29(25)34(30(26)17-21)31-19-27(23-13-15-33-16-14-23)24(20-32)18-28(31)22-7-3-2-4-8-22/h2-19H,1H3. The maximum Gasteiger partial charge on any atom is 0.0998 e. The maximum absolute atomic E-state index is 10.1. The van der Waals surface area contributed by atoms with Crippen molar-refractivity contribution < 1.29 is 0 Å². The highest BCUT2D eigenvalue weighted by Gasteiger charge is 2.19. The highest BCUT2D eigenvalue weighted by Crippen LogP contribution is 2.39. The van der Waals surface area contributed by atoms with E-state index in [4.69, 9.17) is 0 Å². The minimum atomic E-state index is 0.644. The van der Waals surface area contributed by atoms with E-state index in [1.165, 1.54) is 16.3 Å². The van der Waals surface area contributed by atoms with Crippen LogP contribution in [0.1, 0.15) is 11.1 Å². The highest BCUT2D eigenvalue weighted by atomic mass is 15.0. The Labute approximate surface area is 198 Å². The molecule has 0 atom stereocenters. The Morgan fingerprint density at radius 1 is 0.676 bits per heavy atom. The molecule has 2 heterocycles. The van der Waals surface area contributed by atoms with Crippen LogP contribution < -0.4 is 0 Å². The third-order valence-corrected chi connectivity index (χ3v) is 6.40. The van der Waals surface area contributed by atoms with Gasteiger partial charge < -0.3 is 4.57 Å². The molecule has 6 aromatic rings. The molecule has 6 rings (SSSR count). The van der Waals surface area contributed by atoms with Crippen molar-refractivity contribution in [2.75, 3.05) is 0 Å². The van der Waals surface area contributed by atoms with Crippen LogP contribution in [-0.4, -0.2) is 9.55 Å². The van der Waals surface area contributed by atoms with Crippen LogP contribution in [0, 0.1) is 18.3 Å².